The zero-order valence-electron chi connectivity index (χ0n) is 12.1. The number of aromatic nitrogens is 2. The van der Waals surface area contributed by atoms with Gasteiger partial charge in [-0.1, -0.05) is 23.7 Å². The average molecular weight is 307 g/mol. The largest absolute Gasteiger partial charge is 0.419 e. The normalized spacial score (nSPS) is 19.2. The number of likely N-dealkylation sites (N-methyl/N-ethyl adjacent to an activating group) is 1. The highest BCUT2D eigenvalue weighted by molar-refractivity contribution is 6.33. The second-order valence-corrected chi connectivity index (χ2v) is 5.71. The number of halogens is 1. The van der Waals surface area contributed by atoms with Crippen molar-refractivity contribution in [2.24, 2.45) is 0 Å². The smallest absolute Gasteiger partial charge is 0.249 e. The number of benzene rings is 1. The van der Waals surface area contributed by atoms with Gasteiger partial charge in [-0.3, -0.25) is 4.90 Å². The fourth-order valence-electron chi connectivity index (χ4n) is 2.80. The summed E-state index contributed by atoms with van der Waals surface area (Å²) in [6.45, 7) is 2.77. The fourth-order valence-corrected chi connectivity index (χ4v) is 3.02. The van der Waals surface area contributed by atoms with Crippen molar-refractivity contribution in [3.8, 4) is 11.5 Å². The van der Waals surface area contributed by atoms with E-state index in [2.05, 4.69) is 20.4 Å². The van der Waals surface area contributed by atoms with Crippen LogP contribution in [0.4, 0.5) is 0 Å². The Hall–Kier alpha value is -1.43. The standard InChI is InChI=1S/C15H19ClN4O/c1-17-9-11-5-4-8-20(11)10-14-18-19-15(21-14)12-6-2-3-7-13(12)16/h2-3,6-7,11,17H,4-5,8-10H2,1H3. The molecule has 1 aromatic carbocycles. The van der Waals surface area contributed by atoms with E-state index in [4.69, 9.17) is 16.0 Å². The zero-order valence-corrected chi connectivity index (χ0v) is 12.8. The lowest BCUT2D eigenvalue weighted by Crippen LogP contribution is -2.36. The second kappa shape index (κ2) is 6.56. The summed E-state index contributed by atoms with van der Waals surface area (Å²) in [6, 6.07) is 8.05. The Morgan fingerprint density at radius 2 is 2.24 bits per heavy atom. The van der Waals surface area contributed by atoms with E-state index in [0.717, 1.165) is 18.7 Å². The molecule has 112 valence electrons. The first-order chi connectivity index (χ1) is 10.3. The molecular weight excluding hydrogens is 288 g/mol. The van der Waals surface area contributed by atoms with Crippen LogP contribution in [0.5, 0.6) is 0 Å². The molecule has 2 aromatic rings. The van der Waals surface area contributed by atoms with Crippen molar-refractivity contribution in [1.82, 2.24) is 20.4 Å². The van der Waals surface area contributed by atoms with Gasteiger partial charge in [0, 0.05) is 12.6 Å². The van der Waals surface area contributed by atoms with Gasteiger partial charge in [-0.15, -0.1) is 10.2 Å². The van der Waals surface area contributed by atoms with Gasteiger partial charge in [0.15, 0.2) is 0 Å². The summed E-state index contributed by atoms with van der Waals surface area (Å²) >= 11 is 6.16. The van der Waals surface area contributed by atoms with E-state index in [-0.39, 0.29) is 0 Å². The van der Waals surface area contributed by atoms with E-state index in [9.17, 15) is 0 Å². The van der Waals surface area contributed by atoms with Crippen molar-refractivity contribution in [1.29, 1.82) is 0 Å². The van der Waals surface area contributed by atoms with E-state index >= 15 is 0 Å². The number of nitrogens with zero attached hydrogens (tertiary/aromatic N) is 3. The highest BCUT2D eigenvalue weighted by atomic mass is 35.5. The summed E-state index contributed by atoms with van der Waals surface area (Å²) in [5.74, 6) is 1.13. The van der Waals surface area contributed by atoms with Crippen LogP contribution in [0, 0.1) is 0 Å². The first-order valence-electron chi connectivity index (χ1n) is 7.24. The molecular formula is C15H19ClN4O. The monoisotopic (exact) mass is 306 g/mol. The summed E-state index contributed by atoms with van der Waals surface area (Å²) < 4.78 is 5.77. The fraction of sp³-hybridized carbons (Fsp3) is 0.467. The Morgan fingerprint density at radius 3 is 3.05 bits per heavy atom. The van der Waals surface area contributed by atoms with Crippen LogP contribution < -0.4 is 5.32 Å². The van der Waals surface area contributed by atoms with Gasteiger partial charge in [0.25, 0.3) is 0 Å². The molecule has 1 aliphatic rings. The second-order valence-electron chi connectivity index (χ2n) is 5.31. The topological polar surface area (TPSA) is 54.2 Å². The molecule has 1 atom stereocenters. The minimum Gasteiger partial charge on any atom is -0.419 e. The molecule has 21 heavy (non-hydrogen) atoms. The van der Waals surface area contributed by atoms with Gasteiger partial charge in [0.2, 0.25) is 11.8 Å². The van der Waals surface area contributed by atoms with Crippen LogP contribution in [0.1, 0.15) is 18.7 Å². The maximum Gasteiger partial charge on any atom is 0.249 e. The quantitative estimate of drug-likeness (QED) is 0.920. The predicted octanol–water partition coefficient (Wildman–Crippen LogP) is 2.57. The first kappa shape index (κ1) is 14.5. The number of hydrogen-bond donors (Lipinski definition) is 1. The Kier molecular flexibility index (Phi) is 4.53. The molecule has 3 rings (SSSR count). The third-order valence-corrected chi connectivity index (χ3v) is 4.18. The van der Waals surface area contributed by atoms with Gasteiger partial charge in [-0.25, -0.2) is 0 Å². The molecule has 0 spiro atoms. The Labute approximate surface area is 129 Å². The maximum atomic E-state index is 6.16. The van der Waals surface area contributed by atoms with Crippen molar-refractivity contribution >= 4 is 11.6 Å². The number of hydrogen-bond acceptors (Lipinski definition) is 5. The van der Waals surface area contributed by atoms with E-state index in [0.29, 0.717) is 29.4 Å². The van der Waals surface area contributed by atoms with E-state index in [1.54, 1.807) is 0 Å². The van der Waals surface area contributed by atoms with Crippen LogP contribution in [0.25, 0.3) is 11.5 Å². The van der Waals surface area contributed by atoms with E-state index in [1.807, 2.05) is 31.3 Å². The molecule has 5 nitrogen and oxygen atoms in total. The molecule has 0 aliphatic carbocycles. The lowest BCUT2D eigenvalue weighted by atomic mass is 10.2. The molecule has 1 N–H and O–H groups in total. The molecule has 0 saturated carbocycles. The molecule has 0 bridgehead atoms. The average Bonchev–Trinajstić information content (AvgIpc) is 3.11. The molecule has 1 unspecified atom stereocenters. The molecule has 6 heteroatoms. The van der Waals surface area contributed by atoms with Gasteiger partial charge < -0.3 is 9.73 Å². The molecule has 1 aromatic heterocycles. The lowest BCUT2D eigenvalue weighted by Gasteiger charge is -2.22. The summed E-state index contributed by atoms with van der Waals surface area (Å²) in [6.07, 6.45) is 2.43. The van der Waals surface area contributed by atoms with Crippen LogP contribution in [0.15, 0.2) is 28.7 Å². The van der Waals surface area contributed by atoms with E-state index in [1.165, 1.54) is 12.8 Å². The number of likely N-dealkylation sites (tertiary alicyclic amines) is 1. The first-order valence-corrected chi connectivity index (χ1v) is 7.61. The van der Waals surface area contributed by atoms with Crippen molar-refractivity contribution in [3.05, 3.63) is 35.2 Å². The molecule has 1 aliphatic heterocycles. The van der Waals surface area contributed by atoms with Gasteiger partial charge in [0.05, 0.1) is 17.1 Å². The summed E-state index contributed by atoms with van der Waals surface area (Å²) in [5.41, 5.74) is 0.783. The van der Waals surface area contributed by atoms with Crippen LogP contribution in [-0.2, 0) is 6.54 Å². The van der Waals surface area contributed by atoms with E-state index < -0.39 is 0 Å². The molecule has 1 saturated heterocycles. The molecule has 0 amide bonds. The molecule has 0 radical (unpaired) electrons. The van der Waals surface area contributed by atoms with Crippen molar-refractivity contribution in [2.75, 3.05) is 20.1 Å². The third kappa shape index (κ3) is 3.26. The van der Waals surface area contributed by atoms with Crippen LogP contribution in [0.2, 0.25) is 5.02 Å². The predicted molar refractivity (Wildman–Crippen MR) is 82.1 cm³/mol. The van der Waals surface area contributed by atoms with Crippen LogP contribution in [0.3, 0.4) is 0 Å². The summed E-state index contributed by atoms with van der Waals surface area (Å²) in [7, 11) is 1.98. The minimum absolute atomic E-state index is 0.486. The van der Waals surface area contributed by atoms with Crippen molar-refractivity contribution < 1.29 is 4.42 Å². The van der Waals surface area contributed by atoms with Crippen molar-refractivity contribution in [3.63, 3.8) is 0 Å². The van der Waals surface area contributed by atoms with Crippen LogP contribution >= 0.6 is 11.6 Å². The third-order valence-electron chi connectivity index (χ3n) is 3.85. The SMILES string of the molecule is CNCC1CCCN1Cc1nnc(-c2ccccc2Cl)o1. The van der Waals surface area contributed by atoms with Gasteiger partial charge >= 0.3 is 0 Å². The molecule has 1 fully saturated rings. The Balaban J connectivity index is 1.72. The van der Waals surface area contributed by atoms with Gasteiger partial charge in [-0.2, -0.15) is 0 Å². The molecule has 2 heterocycles. The highest BCUT2D eigenvalue weighted by Crippen LogP contribution is 2.27. The van der Waals surface area contributed by atoms with Crippen molar-refractivity contribution in [2.45, 2.75) is 25.4 Å². The summed E-state index contributed by atoms with van der Waals surface area (Å²) in [4.78, 5) is 2.39. The summed E-state index contributed by atoms with van der Waals surface area (Å²) in [5, 5.41) is 12.1. The van der Waals surface area contributed by atoms with Crippen LogP contribution in [-0.4, -0.2) is 41.3 Å². The Morgan fingerprint density at radius 1 is 1.38 bits per heavy atom. The zero-order chi connectivity index (χ0) is 14.7. The minimum atomic E-state index is 0.486. The number of nitrogens with one attached hydrogen (secondary N) is 1. The van der Waals surface area contributed by atoms with Gasteiger partial charge in [0.1, 0.15) is 0 Å². The maximum absolute atomic E-state index is 6.16. The van der Waals surface area contributed by atoms with Gasteiger partial charge in [-0.05, 0) is 38.6 Å². The number of rotatable bonds is 5. The Bertz CT molecular complexity index is 601. The lowest BCUT2D eigenvalue weighted by molar-refractivity contribution is 0.220. The highest BCUT2D eigenvalue weighted by Gasteiger charge is 2.25.